The summed E-state index contributed by atoms with van der Waals surface area (Å²) in [6.07, 6.45) is 1.78. The van der Waals surface area contributed by atoms with Gasteiger partial charge in [-0.1, -0.05) is 0 Å². The third-order valence-corrected chi connectivity index (χ3v) is 4.48. The number of aryl methyl sites for hydroxylation is 1. The summed E-state index contributed by atoms with van der Waals surface area (Å²) in [6.45, 7) is 0. The van der Waals surface area contributed by atoms with Gasteiger partial charge < -0.3 is 11.1 Å². The molecule has 0 unspecified atom stereocenters. The Hall–Kier alpha value is -2.70. The molecular weight excluding hydrogens is 311 g/mol. The Bertz CT molecular complexity index is 769. The molecule has 0 bridgehead atoms. The summed E-state index contributed by atoms with van der Waals surface area (Å²) < 4.78 is 14.7. The number of halogens is 1. The molecule has 0 radical (unpaired) electrons. The van der Waals surface area contributed by atoms with Crippen molar-refractivity contribution in [3.05, 3.63) is 36.1 Å². The van der Waals surface area contributed by atoms with E-state index in [1.165, 1.54) is 12.1 Å². The second kappa shape index (κ2) is 6.43. The number of hydrogen-bond donors (Lipinski definition) is 2. The zero-order valence-corrected chi connectivity index (χ0v) is 13.3. The van der Waals surface area contributed by atoms with Crippen LogP contribution in [0.1, 0.15) is 19.3 Å². The Kier molecular flexibility index (Phi) is 4.33. The van der Waals surface area contributed by atoms with Gasteiger partial charge in [0.15, 0.2) is 5.82 Å². The molecule has 7 heteroatoms. The summed E-state index contributed by atoms with van der Waals surface area (Å²) in [5.74, 6) is -0.814. The van der Waals surface area contributed by atoms with Crippen LogP contribution in [-0.4, -0.2) is 21.6 Å². The van der Waals surface area contributed by atoms with Gasteiger partial charge in [0, 0.05) is 30.5 Å². The Morgan fingerprint density at radius 2 is 1.92 bits per heavy atom. The van der Waals surface area contributed by atoms with Crippen molar-refractivity contribution >= 4 is 17.6 Å². The van der Waals surface area contributed by atoms with Crippen LogP contribution in [0.25, 0.3) is 11.3 Å². The number of anilines is 1. The molecule has 24 heavy (non-hydrogen) atoms. The van der Waals surface area contributed by atoms with Crippen molar-refractivity contribution in [3.8, 4) is 11.3 Å². The van der Waals surface area contributed by atoms with E-state index in [9.17, 15) is 14.0 Å². The highest BCUT2D eigenvalue weighted by Gasteiger charge is 2.33. The van der Waals surface area contributed by atoms with Gasteiger partial charge in [-0.25, -0.2) is 4.39 Å². The molecule has 0 aliphatic heterocycles. The molecule has 1 heterocycles. The van der Waals surface area contributed by atoms with Crippen LogP contribution in [0.3, 0.4) is 0 Å². The van der Waals surface area contributed by atoms with E-state index >= 15 is 0 Å². The number of nitrogens with one attached hydrogen (secondary N) is 1. The lowest BCUT2D eigenvalue weighted by Crippen LogP contribution is -2.24. The van der Waals surface area contributed by atoms with E-state index in [1.54, 1.807) is 29.9 Å². The number of carbonyl (C=O) groups is 2. The maximum absolute atomic E-state index is 13.0. The van der Waals surface area contributed by atoms with E-state index in [4.69, 9.17) is 5.73 Å². The van der Waals surface area contributed by atoms with Crippen LogP contribution in [-0.2, 0) is 16.6 Å². The molecule has 1 aliphatic rings. The minimum absolute atomic E-state index is 0.150. The second-order valence-corrected chi connectivity index (χ2v) is 6.14. The van der Waals surface area contributed by atoms with E-state index in [-0.39, 0.29) is 29.5 Å². The van der Waals surface area contributed by atoms with Gasteiger partial charge in [0.1, 0.15) is 5.82 Å². The SMILES string of the molecule is Cn1nc(NC(=O)[C@@H]2CC[C@H](C(N)=O)C2)cc1-c1ccc(F)cc1. The van der Waals surface area contributed by atoms with Crippen molar-refractivity contribution in [3.63, 3.8) is 0 Å². The lowest BCUT2D eigenvalue weighted by molar-refractivity contribution is -0.122. The zero-order valence-electron chi connectivity index (χ0n) is 13.3. The van der Waals surface area contributed by atoms with E-state index < -0.39 is 0 Å². The van der Waals surface area contributed by atoms with Crippen LogP contribution in [0, 0.1) is 17.7 Å². The predicted octanol–water partition coefficient (Wildman–Crippen LogP) is 2.07. The van der Waals surface area contributed by atoms with Crippen LogP contribution < -0.4 is 11.1 Å². The Balaban J connectivity index is 1.70. The summed E-state index contributed by atoms with van der Waals surface area (Å²) in [5.41, 5.74) is 6.88. The van der Waals surface area contributed by atoms with Crippen molar-refractivity contribution in [1.29, 1.82) is 0 Å². The number of primary amides is 1. The number of aromatic nitrogens is 2. The molecule has 1 aliphatic carbocycles. The average Bonchev–Trinajstić information content (AvgIpc) is 3.15. The Morgan fingerprint density at radius 3 is 2.54 bits per heavy atom. The van der Waals surface area contributed by atoms with E-state index in [0.29, 0.717) is 25.1 Å². The lowest BCUT2D eigenvalue weighted by Gasteiger charge is -2.08. The summed E-state index contributed by atoms with van der Waals surface area (Å²) >= 11 is 0. The molecule has 126 valence electrons. The fourth-order valence-corrected chi connectivity index (χ4v) is 3.13. The third-order valence-electron chi connectivity index (χ3n) is 4.48. The van der Waals surface area contributed by atoms with Crippen LogP contribution >= 0.6 is 0 Å². The molecule has 0 saturated heterocycles. The van der Waals surface area contributed by atoms with Gasteiger partial charge in [-0.2, -0.15) is 5.10 Å². The number of rotatable bonds is 4. The fraction of sp³-hybridized carbons (Fsp3) is 0.353. The highest BCUT2D eigenvalue weighted by Crippen LogP contribution is 2.31. The fourth-order valence-electron chi connectivity index (χ4n) is 3.13. The summed E-state index contributed by atoms with van der Waals surface area (Å²) in [5, 5.41) is 7.06. The predicted molar refractivity (Wildman–Crippen MR) is 87.3 cm³/mol. The average molecular weight is 330 g/mol. The first-order valence-electron chi connectivity index (χ1n) is 7.84. The molecule has 1 saturated carbocycles. The first kappa shape index (κ1) is 16.2. The summed E-state index contributed by atoms with van der Waals surface area (Å²) in [4.78, 5) is 23.5. The van der Waals surface area contributed by atoms with Gasteiger partial charge in [-0.05, 0) is 43.5 Å². The zero-order chi connectivity index (χ0) is 17.3. The van der Waals surface area contributed by atoms with Crippen LogP contribution in [0.4, 0.5) is 10.2 Å². The van der Waals surface area contributed by atoms with Gasteiger partial charge in [0.25, 0.3) is 0 Å². The quantitative estimate of drug-likeness (QED) is 0.899. The minimum atomic E-state index is -0.346. The smallest absolute Gasteiger partial charge is 0.228 e. The minimum Gasteiger partial charge on any atom is -0.369 e. The molecule has 3 rings (SSSR count). The molecule has 1 aromatic heterocycles. The number of hydrogen-bond acceptors (Lipinski definition) is 3. The maximum Gasteiger partial charge on any atom is 0.228 e. The normalized spacial score (nSPS) is 20.1. The van der Waals surface area contributed by atoms with Gasteiger partial charge in [0.2, 0.25) is 11.8 Å². The highest BCUT2D eigenvalue weighted by atomic mass is 19.1. The topological polar surface area (TPSA) is 90.0 Å². The third kappa shape index (κ3) is 3.29. The Labute approximate surface area is 138 Å². The molecule has 2 aromatic rings. The number of amides is 2. The largest absolute Gasteiger partial charge is 0.369 e. The lowest BCUT2D eigenvalue weighted by atomic mass is 10.0. The monoisotopic (exact) mass is 330 g/mol. The van der Waals surface area contributed by atoms with E-state index in [2.05, 4.69) is 10.4 Å². The number of nitrogens with zero attached hydrogens (tertiary/aromatic N) is 2. The van der Waals surface area contributed by atoms with Crippen LogP contribution in [0.2, 0.25) is 0 Å². The number of benzene rings is 1. The number of nitrogens with two attached hydrogens (primary N) is 1. The Morgan fingerprint density at radius 1 is 1.25 bits per heavy atom. The van der Waals surface area contributed by atoms with Crippen molar-refractivity contribution in [1.82, 2.24) is 9.78 Å². The summed E-state index contributed by atoms with van der Waals surface area (Å²) in [6, 6.07) is 7.82. The second-order valence-electron chi connectivity index (χ2n) is 6.14. The number of carbonyl (C=O) groups excluding carboxylic acids is 2. The highest BCUT2D eigenvalue weighted by molar-refractivity contribution is 5.93. The molecule has 6 nitrogen and oxygen atoms in total. The maximum atomic E-state index is 13.0. The van der Waals surface area contributed by atoms with Gasteiger partial charge in [-0.3, -0.25) is 14.3 Å². The molecular formula is C17H19FN4O2. The van der Waals surface area contributed by atoms with E-state index in [1.807, 2.05) is 0 Å². The van der Waals surface area contributed by atoms with Crippen molar-refractivity contribution in [2.75, 3.05) is 5.32 Å². The molecule has 3 N–H and O–H groups in total. The van der Waals surface area contributed by atoms with E-state index in [0.717, 1.165) is 11.3 Å². The standard InChI is InChI=1S/C17H19FN4O2/c1-22-14(10-4-6-13(18)7-5-10)9-15(21-22)20-17(24)12-3-2-11(8-12)16(19)23/h4-7,9,11-12H,2-3,8H2,1H3,(H2,19,23)(H,20,21,24)/t11-,12+/m0/s1. The van der Waals surface area contributed by atoms with Gasteiger partial charge >= 0.3 is 0 Å². The first-order chi connectivity index (χ1) is 11.4. The first-order valence-corrected chi connectivity index (χ1v) is 7.84. The molecule has 1 aromatic carbocycles. The van der Waals surface area contributed by atoms with Crippen LogP contribution in [0.5, 0.6) is 0 Å². The molecule has 2 atom stereocenters. The summed E-state index contributed by atoms with van der Waals surface area (Å²) in [7, 11) is 1.76. The van der Waals surface area contributed by atoms with Gasteiger partial charge in [-0.15, -0.1) is 0 Å². The van der Waals surface area contributed by atoms with Crippen molar-refractivity contribution in [2.24, 2.45) is 24.6 Å². The van der Waals surface area contributed by atoms with Crippen LogP contribution in [0.15, 0.2) is 30.3 Å². The van der Waals surface area contributed by atoms with Gasteiger partial charge in [0.05, 0.1) is 5.69 Å². The van der Waals surface area contributed by atoms with Crippen molar-refractivity contribution in [2.45, 2.75) is 19.3 Å². The molecule has 0 spiro atoms. The van der Waals surface area contributed by atoms with Crippen molar-refractivity contribution < 1.29 is 14.0 Å². The molecule has 2 amide bonds. The molecule has 1 fully saturated rings.